The average Bonchev–Trinajstić information content (AvgIpc) is 3.22. The highest BCUT2D eigenvalue weighted by Crippen LogP contribution is 2.37. The van der Waals surface area contributed by atoms with Crippen molar-refractivity contribution in [3.8, 4) is 0 Å². The molecule has 226 valence electrons. The zero-order chi connectivity index (χ0) is 28.4. The number of hydrogen-bond donors (Lipinski definition) is 4. The number of aliphatic hydroxyl groups is 2. The van der Waals surface area contributed by atoms with Gasteiger partial charge in [-0.2, -0.15) is 0 Å². The van der Waals surface area contributed by atoms with Gasteiger partial charge in [-0.15, -0.1) is 0 Å². The second-order valence-corrected chi connectivity index (χ2v) is 12.6. The van der Waals surface area contributed by atoms with Crippen LogP contribution in [0.5, 0.6) is 0 Å². The summed E-state index contributed by atoms with van der Waals surface area (Å²) in [6.45, 7) is 5.82. The van der Waals surface area contributed by atoms with Gasteiger partial charge in [-0.1, -0.05) is 26.2 Å². The molecule has 9 nitrogen and oxygen atoms in total. The quantitative estimate of drug-likeness (QED) is 0.180. The number of methoxy groups -OCH3 is 1. The normalized spacial score (nSPS) is 33.2. The zero-order valence-corrected chi connectivity index (χ0v) is 24.6. The van der Waals surface area contributed by atoms with E-state index in [1.165, 1.54) is 6.92 Å². The first kappa shape index (κ1) is 32.3. The minimum atomic E-state index is -0.606. The fraction of sp³-hybridized carbons (Fsp3) is 0.933. The van der Waals surface area contributed by atoms with Gasteiger partial charge in [0.05, 0.1) is 24.5 Å². The summed E-state index contributed by atoms with van der Waals surface area (Å²) in [6.07, 6.45) is 9.51. The molecule has 2 saturated heterocycles. The van der Waals surface area contributed by atoms with E-state index in [4.69, 9.17) is 15.2 Å². The Hall–Kier alpha value is -1.26. The Morgan fingerprint density at radius 2 is 1.97 bits per heavy atom. The first-order chi connectivity index (χ1) is 18.7. The van der Waals surface area contributed by atoms with Gasteiger partial charge in [-0.3, -0.25) is 9.59 Å². The molecule has 9 atom stereocenters. The lowest BCUT2D eigenvalue weighted by atomic mass is 9.75. The van der Waals surface area contributed by atoms with Gasteiger partial charge >= 0.3 is 5.97 Å². The fourth-order valence-electron chi connectivity index (χ4n) is 7.21. The van der Waals surface area contributed by atoms with E-state index in [2.05, 4.69) is 12.2 Å². The molecular formula is C30H55N3O6. The van der Waals surface area contributed by atoms with Crippen LogP contribution in [0, 0.1) is 23.7 Å². The Labute approximate surface area is 235 Å². The van der Waals surface area contributed by atoms with Crippen molar-refractivity contribution >= 4 is 11.9 Å². The van der Waals surface area contributed by atoms with E-state index in [-0.39, 0.29) is 36.2 Å². The number of rotatable bonds is 15. The molecule has 0 aromatic rings. The Bertz CT molecular complexity index is 754. The van der Waals surface area contributed by atoms with Crippen LogP contribution in [-0.4, -0.2) is 84.3 Å². The van der Waals surface area contributed by atoms with Gasteiger partial charge in [0.2, 0.25) is 5.91 Å². The molecule has 3 fully saturated rings. The minimum absolute atomic E-state index is 0.0458. The van der Waals surface area contributed by atoms with Crippen molar-refractivity contribution < 1.29 is 29.3 Å². The molecule has 0 spiro atoms. The summed E-state index contributed by atoms with van der Waals surface area (Å²) in [6, 6.07) is 0. The van der Waals surface area contributed by atoms with E-state index in [1.807, 2.05) is 4.90 Å². The maximum atomic E-state index is 12.9. The highest BCUT2D eigenvalue weighted by Gasteiger charge is 2.40. The summed E-state index contributed by atoms with van der Waals surface area (Å²) < 4.78 is 11.3. The lowest BCUT2D eigenvalue weighted by Gasteiger charge is -2.40. The van der Waals surface area contributed by atoms with E-state index in [0.717, 1.165) is 77.3 Å². The van der Waals surface area contributed by atoms with Gasteiger partial charge < -0.3 is 35.6 Å². The minimum Gasteiger partial charge on any atom is -0.462 e. The number of nitrogens with one attached hydrogen (secondary N) is 1. The van der Waals surface area contributed by atoms with Crippen LogP contribution in [0.15, 0.2) is 0 Å². The van der Waals surface area contributed by atoms with E-state index in [9.17, 15) is 19.8 Å². The van der Waals surface area contributed by atoms with E-state index in [1.54, 1.807) is 7.11 Å². The predicted octanol–water partition coefficient (Wildman–Crippen LogP) is 2.95. The molecule has 1 saturated carbocycles. The van der Waals surface area contributed by atoms with Gasteiger partial charge in [0.1, 0.15) is 6.10 Å². The summed E-state index contributed by atoms with van der Waals surface area (Å²) in [5, 5.41) is 24.9. The molecule has 0 radical (unpaired) electrons. The molecule has 1 amide bonds. The van der Waals surface area contributed by atoms with Crippen LogP contribution in [0.4, 0.5) is 0 Å². The maximum Gasteiger partial charge on any atom is 0.302 e. The van der Waals surface area contributed by atoms with Crippen molar-refractivity contribution in [2.24, 2.45) is 29.4 Å². The van der Waals surface area contributed by atoms with Crippen molar-refractivity contribution in [3.63, 3.8) is 0 Å². The monoisotopic (exact) mass is 553 g/mol. The third-order valence-electron chi connectivity index (χ3n) is 9.24. The van der Waals surface area contributed by atoms with E-state index < -0.39 is 12.2 Å². The van der Waals surface area contributed by atoms with Gasteiger partial charge in [0.15, 0.2) is 0 Å². The molecule has 9 unspecified atom stereocenters. The van der Waals surface area contributed by atoms with Crippen LogP contribution in [-0.2, 0) is 19.1 Å². The highest BCUT2D eigenvalue weighted by molar-refractivity contribution is 5.78. The van der Waals surface area contributed by atoms with Gasteiger partial charge in [-0.05, 0) is 75.7 Å². The molecule has 3 rings (SSSR count). The standard InChI is InChI=1S/C30H55N3O6/c1-4-5-6-7-25(35)17-26(39-20(2)34)9-8-21-13-24(30(37)27(14-21)38-3)19-33-18-23(16-29(33)36)12-22-10-11-32-28(31)15-22/h21-28,30,32,35,37H,4-19,31H2,1-3H3. The summed E-state index contributed by atoms with van der Waals surface area (Å²) in [7, 11) is 1.64. The summed E-state index contributed by atoms with van der Waals surface area (Å²) >= 11 is 0. The number of nitrogens with zero attached hydrogens (tertiary/aromatic N) is 1. The molecular weight excluding hydrogens is 498 g/mol. The number of hydrogen-bond acceptors (Lipinski definition) is 8. The fourth-order valence-corrected chi connectivity index (χ4v) is 7.21. The predicted molar refractivity (Wildman–Crippen MR) is 151 cm³/mol. The summed E-state index contributed by atoms with van der Waals surface area (Å²) in [4.78, 5) is 26.6. The maximum absolute atomic E-state index is 12.9. The van der Waals surface area contributed by atoms with Crippen LogP contribution in [0.3, 0.4) is 0 Å². The smallest absolute Gasteiger partial charge is 0.302 e. The number of ether oxygens (including phenoxy) is 2. The number of carbonyl (C=O) groups excluding carboxylic acids is 2. The van der Waals surface area contributed by atoms with Crippen molar-refractivity contribution in [1.29, 1.82) is 0 Å². The lowest BCUT2D eigenvalue weighted by Crippen LogP contribution is -2.47. The molecule has 1 aliphatic carbocycles. The third kappa shape index (κ3) is 10.6. The van der Waals surface area contributed by atoms with Gasteiger partial charge in [-0.25, -0.2) is 0 Å². The number of esters is 1. The van der Waals surface area contributed by atoms with Crippen LogP contribution in [0.25, 0.3) is 0 Å². The number of aliphatic hydroxyl groups excluding tert-OH is 2. The Kier molecular flexibility index (Phi) is 13.4. The molecule has 0 bridgehead atoms. The van der Waals surface area contributed by atoms with E-state index in [0.29, 0.717) is 43.6 Å². The molecule has 9 heteroatoms. The van der Waals surface area contributed by atoms with Crippen LogP contribution in [0.1, 0.15) is 97.3 Å². The van der Waals surface area contributed by atoms with Crippen molar-refractivity contribution in [2.45, 2.75) is 128 Å². The van der Waals surface area contributed by atoms with Crippen molar-refractivity contribution in [3.05, 3.63) is 0 Å². The van der Waals surface area contributed by atoms with E-state index >= 15 is 0 Å². The Morgan fingerprint density at radius 1 is 1.18 bits per heavy atom. The van der Waals surface area contributed by atoms with Crippen LogP contribution in [0.2, 0.25) is 0 Å². The summed E-state index contributed by atoms with van der Waals surface area (Å²) in [5.74, 6) is 1.04. The van der Waals surface area contributed by atoms with Crippen LogP contribution >= 0.6 is 0 Å². The molecule has 5 N–H and O–H groups in total. The molecule has 39 heavy (non-hydrogen) atoms. The molecule has 0 aromatic carbocycles. The number of amides is 1. The summed E-state index contributed by atoms with van der Waals surface area (Å²) in [5.41, 5.74) is 6.08. The average molecular weight is 554 g/mol. The van der Waals surface area contributed by atoms with Crippen LogP contribution < -0.4 is 11.1 Å². The zero-order valence-electron chi connectivity index (χ0n) is 24.6. The van der Waals surface area contributed by atoms with Crippen molar-refractivity contribution in [1.82, 2.24) is 10.2 Å². The number of nitrogens with two attached hydrogens (primary N) is 1. The molecule has 2 heterocycles. The largest absolute Gasteiger partial charge is 0.462 e. The second-order valence-electron chi connectivity index (χ2n) is 12.6. The molecule has 3 aliphatic rings. The number of carbonyl (C=O) groups is 2. The first-order valence-corrected chi connectivity index (χ1v) is 15.5. The SMILES string of the molecule is CCCCCC(O)CC(CCC1CC(CN2CC(CC3CCNC(N)C3)CC2=O)C(O)C(OC)C1)OC(C)=O. The molecule has 2 aliphatic heterocycles. The van der Waals surface area contributed by atoms with Gasteiger partial charge in [0, 0.05) is 45.9 Å². The third-order valence-corrected chi connectivity index (χ3v) is 9.24. The number of unbranched alkanes of at least 4 members (excludes halogenated alkanes) is 2. The Balaban J connectivity index is 1.52. The van der Waals surface area contributed by atoms with Gasteiger partial charge in [0.25, 0.3) is 0 Å². The topological polar surface area (TPSA) is 134 Å². The second kappa shape index (κ2) is 16.2. The Morgan fingerprint density at radius 3 is 2.67 bits per heavy atom. The van der Waals surface area contributed by atoms with Crippen molar-refractivity contribution in [2.75, 3.05) is 26.7 Å². The lowest BCUT2D eigenvalue weighted by molar-refractivity contribution is -0.148. The number of likely N-dealkylation sites (tertiary alicyclic amines) is 1. The number of piperidine rings is 1. The first-order valence-electron chi connectivity index (χ1n) is 15.5. The molecule has 0 aromatic heterocycles. The highest BCUT2D eigenvalue weighted by atomic mass is 16.5.